The summed E-state index contributed by atoms with van der Waals surface area (Å²) in [6, 6.07) is 15.2. The maximum atomic E-state index is 14.1. The fraction of sp³-hybridized carbons (Fsp3) is 0.286. The van der Waals surface area contributed by atoms with Gasteiger partial charge in [0.2, 0.25) is 5.91 Å². The fourth-order valence-corrected chi connectivity index (χ4v) is 4.61. The molecule has 2 amide bonds. The van der Waals surface area contributed by atoms with Crippen LogP contribution in [0.1, 0.15) is 12.0 Å². The quantitative estimate of drug-likeness (QED) is 0.399. The largest absolute Gasteiger partial charge is 0.493 e. The van der Waals surface area contributed by atoms with Gasteiger partial charge in [-0.25, -0.2) is 0 Å². The Bertz CT molecular complexity index is 1360. The Labute approximate surface area is 221 Å². The maximum absolute atomic E-state index is 14.1. The molecule has 0 saturated carbocycles. The number of ether oxygens (including phenoxy) is 6. The van der Waals surface area contributed by atoms with Gasteiger partial charge >= 0.3 is 0 Å². The van der Waals surface area contributed by atoms with Gasteiger partial charge in [0.05, 0.1) is 49.1 Å². The molecule has 0 spiro atoms. The zero-order valence-electron chi connectivity index (χ0n) is 22.1. The molecule has 3 aromatic rings. The van der Waals surface area contributed by atoms with Gasteiger partial charge in [0.15, 0.2) is 40.0 Å². The second-order valence-electron chi connectivity index (χ2n) is 8.40. The summed E-state index contributed by atoms with van der Waals surface area (Å²) in [5.74, 6) is 2.14. The summed E-state index contributed by atoms with van der Waals surface area (Å²) in [5, 5.41) is 2.95. The first-order chi connectivity index (χ1) is 18.4. The first-order valence-electron chi connectivity index (χ1n) is 11.7. The summed E-state index contributed by atoms with van der Waals surface area (Å²) in [4.78, 5) is 28.8. The van der Waals surface area contributed by atoms with Crippen LogP contribution < -0.4 is 38.6 Å². The van der Waals surface area contributed by atoms with E-state index < -0.39 is 11.4 Å². The van der Waals surface area contributed by atoms with Crippen LogP contribution in [-0.2, 0) is 15.1 Å². The number of nitrogens with one attached hydrogen (secondary N) is 1. The van der Waals surface area contributed by atoms with E-state index in [2.05, 4.69) is 5.32 Å². The fourth-order valence-electron chi connectivity index (χ4n) is 4.61. The van der Waals surface area contributed by atoms with Gasteiger partial charge in [-0.15, -0.1) is 0 Å². The van der Waals surface area contributed by atoms with E-state index in [1.807, 2.05) is 0 Å². The predicted octanol–water partition coefficient (Wildman–Crippen LogP) is 4.01. The molecule has 4 rings (SSSR count). The third-order valence-electron chi connectivity index (χ3n) is 6.54. The van der Waals surface area contributed by atoms with Gasteiger partial charge in [0.25, 0.3) is 5.91 Å². The van der Waals surface area contributed by atoms with E-state index in [4.69, 9.17) is 28.4 Å². The van der Waals surface area contributed by atoms with Crippen LogP contribution in [0.4, 0.5) is 11.4 Å². The van der Waals surface area contributed by atoms with Crippen molar-refractivity contribution in [3.05, 3.63) is 60.2 Å². The van der Waals surface area contributed by atoms with E-state index in [1.165, 1.54) is 47.6 Å². The van der Waals surface area contributed by atoms with Crippen molar-refractivity contribution in [1.29, 1.82) is 0 Å². The molecule has 0 bridgehead atoms. The minimum atomic E-state index is -1.40. The highest BCUT2D eigenvalue weighted by Crippen LogP contribution is 2.49. The van der Waals surface area contributed by atoms with E-state index in [-0.39, 0.29) is 12.3 Å². The molecule has 0 aliphatic carbocycles. The molecule has 1 saturated heterocycles. The minimum absolute atomic E-state index is 0.0735. The summed E-state index contributed by atoms with van der Waals surface area (Å²) < 4.78 is 32.4. The van der Waals surface area contributed by atoms with Gasteiger partial charge < -0.3 is 33.7 Å². The van der Waals surface area contributed by atoms with Crippen molar-refractivity contribution in [3.8, 4) is 34.5 Å². The second kappa shape index (κ2) is 10.8. The summed E-state index contributed by atoms with van der Waals surface area (Å²) >= 11 is 0. The van der Waals surface area contributed by atoms with Gasteiger partial charge in [-0.1, -0.05) is 6.07 Å². The third kappa shape index (κ3) is 4.38. The molecular formula is C28H30N2O8. The van der Waals surface area contributed by atoms with Gasteiger partial charge in [-0.05, 0) is 42.0 Å². The summed E-state index contributed by atoms with van der Waals surface area (Å²) in [7, 11) is 9.11. The highest BCUT2D eigenvalue weighted by molar-refractivity contribution is 6.17. The predicted molar refractivity (Wildman–Crippen MR) is 141 cm³/mol. The number of carbonyl (C=O) groups is 2. The van der Waals surface area contributed by atoms with Crippen LogP contribution in [0.25, 0.3) is 0 Å². The Hall–Kier alpha value is -4.60. The number of anilines is 2. The van der Waals surface area contributed by atoms with Crippen LogP contribution in [0.2, 0.25) is 0 Å². The molecule has 1 unspecified atom stereocenters. The Balaban J connectivity index is 1.84. The van der Waals surface area contributed by atoms with Crippen LogP contribution in [0.3, 0.4) is 0 Å². The van der Waals surface area contributed by atoms with E-state index in [0.29, 0.717) is 51.4 Å². The molecule has 0 aromatic heterocycles. The molecule has 200 valence electrons. The molecule has 3 aromatic carbocycles. The second-order valence-corrected chi connectivity index (χ2v) is 8.40. The number of rotatable bonds is 10. The first-order valence-corrected chi connectivity index (χ1v) is 11.7. The average molecular weight is 523 g/mol. The molecule has 1 fully saturated rings. The van der Waals surface area contributed by atoms with Gasteiger partial charge in [0, 0.05) is 23.5 Å². The summed E-state index contributed by atoms with van der Waals surface area (Å²) in [6.45, 7) is 0. The average Bonchev–Trinajstić information content (AvgIpc) is 2.94. The lowest BCUT2D eigenvalue weighted by Gasteiger charge is -2.50. The molecule has 10 nitrogen and oxygen atoms in total. The Morgan fingerprint density at radius 1 is 0.684 bits per heavy atom. The standard InChI is InChI=1S/C28H30N2O8/c1-33-20-10-7-17(13-23(20)36-4)28(27(32)29-18-8-11-21(34-2)24(14-18)37-5)16-26(31)30(28)19-9-12-22(35-3)25(15-19)38-6/h7-15H,16H2,1-6H3,(H,29,32). The molecule has 1 heterocycles. The van der Waals surface area contributed by atoms with E-state index in [9.17, 15) is 9.59 Å². The number of benzene rings is 3. The highest BCUT2D eigenvalue weighted by Gasteiger charge is 2.59. The third-order valence-corrected chi connectivity index (χ3v) is 6.54. The molecular weight excluding hydrogens is 492 g/mol. The lowest BCUT2D eigenvalue weighted by Crippen LogP contribution is -2.67. The number of nitrogens with zero attached hydrogens (tertiary/aromatic N) is 1. The zero-order chi connectivity index (χ0) is 27.4. The molecule has 1 aliphatic rings. The van der Waals surface area contributed by atoms with E-state index in [1.54, 1.807) is 54.6 Å². The van der Waals surface area contributed by atoms with Crippen molar-refractivity contribution in [1.82, 2.24) is 0 Å². The van der Waals surface area contributed by atoms with Crippen LogP contribution >= 0.6 is 0 Å². The number of hydrogen-bond acceptors (Lipinski definition) is 8. The first kappa shape index (κ1) is 26.5. The zero-order valence-corrected chi connectivity index (χ0v) is 22.1. The van der Waals surface area contributed by atoms with E-state index >= 15 is 0 Å². The van der Waals surface area contributed by atoms with Crippen molar-refractivity contribution in [2.24, 2.45) is 0 Å². The Morgan fingerprint density at radius 3 is 1.74 bits per heavy atom. The van der Waals surface area contributed by atoms with Crippen molar-refractivity contribution in [2.75, 3.05) is 52.9 Å². The number of β-lactam (4-membered cyclic amide) rings is 1. The van der Waals surface area contributed by atoms with Crippen LogP contribution in [-0.4, -0.2) is 54.5 Å². The summed E-state index contributed by atoms with van der Waals surface area (Å²) in [6.07, 6.45) is -0.0735. The van der Waals surface area contributed by atoms with E-state index in [0.717, 1.165) is 0 Å². The monoisotopic (exact) mass is 522 g/mol. The van der Waals surface area contributed by atoms with Crippen molar-refractivity contribution < 1.29 is 38.0 Å². The van der Waals surface area contributed by atoms with Gasteiger partial charge in [0.1, 0.15) is 0 Å². The smallest absolute Gasteiger partial charge is 0.255 e. The molecule has 1 atom stereocenters. The van der Waals surface area contributed by atoms with Crippen LogP contribution in [0.15, 0.2) is 54.6 Å². The number of methoxy groups -OCH3 is 6. The topological polar surface area (TPSA) is 105 Å². The molecule has 38 heavy (non-hydrogen) atoms. The SMILES string of the molecule is COc1ccc(NC(=O)C2(c3ccc(OC)c(OC)c3)CC(=O)N2c2ccc(OC)c(OC)c2)cc1OC. The molecule has 0 radical (unpaired) electrons. The number of carbonyl (C=O) groups excluding carboxylic acids is 2. The van der Waals surface area contributed by atoms with Gasteiger partial charge in [-0.3, -0.25) is 14.5 Å². The Kier molecular flexibility index (Phi) is 7.52. The lowest BCUT2D eigenvalue weighted by molar-refractivity contribution is -0.137. The minimum Gasteiger partial charge on any atom is -0.493 e. The normalized spacial score (nSPS) is 16.3. The highest BCUT2D eigenvalue weighted by atomic mass is 16.5. The van der Waals surface area contributed by atoms with Crippen LogP contribution in [0.5, 0.6) is 34.5 Å². The lowest BCUT2D eigenvalue weighted by atomic mass is 9.75. The van der Waals surface area contributed by atoms with Crippen molar-refractivity contribution >= 4 is 23.2 Å². The maximum Gasteiger partial charge on any atom is 0.255 e. The Morgan fingerprint density at radius 2 is 1.18 bits per heavy atom. The summed E-state index contributed by atoms with van der Waals surface area (Å²) in [5.41, 5.74) is 0.0846. The molecule has 1 aliphatic heterocycles. The number of hydrogen-bond donors (Lipinski definition) is 1. The van der Waals surface area contributed by atoms with Crippen molar-refractivity contribution in [2.45, 2.75) is 12.0 Å². The molecule has 1 N–H and O–H groups in total. The van der Waals surface area contributed by atoms with Crippen molar-refractivity contribution in [3.63, 3.8) is 0 Å². The van der Waals surface area contributed by atoms with Gasteiger partial charge in [-0.2, -0.15) is 0 Å². The number of amides is 2. The van der Waals surface area contributed by atoms with Crippen LogP contribution in [0, 0.1) is 0 Å². The molecule has 10 heteroatoms.